The minimum Gasteiger partial charge on any atom is -0.493 e. The fourth-order valence-corrected chi connectivity index (χ4v) is 2.75. The maximum absolute atomic E-state index is 10.6. The number of halogens is 3. The second-order valence-electron chi connectivity index (χ2n) is 6.71. The van der Waals surface area contributed by atoms with Crippen molar-refractivity contribution in [3.8, 4) is 22.8 Å². The third kappa shape index (κ3) is 5.53. The molecule has 0 unspecified atom stereocenters. The van der Waals surface area contributed by atoms with Crippen LogP contribution in [0.2, 0.25) is 0 Å². The first-order valence-corrected chi connectivity index (χ1v) is 9.28. The van der Waals surface area contributed by atoms with Crippen molar-refractivity contribution < 1.29 is 32.5 Å². The van der Waals surface area contributed by atoms with E-state index in [1.807, 2.05) is 30.3 Å². The zero-order chi connectivity index (χ0) is 22.6. The lowest BCUT2D eigenvalue weighted by Crippen LogP contribution is -2.21. The molecule has 0 atom stereocenters. The fourth-order valence-electron chi connectivity index (χ4n) is 2.75. The summed E-state index contributed by atoms with van der Waals surface area (Å²) < 4.78 is 42.6. The summed E-state index contributed by atoms with van der Waals surface area (Å²) in [7, 11) is 3.27. The smallest absolute Gasteiger partial charge is 0.490 e. The van der Waals surface area contributed by atoms with E-state index >= 15 is 0 Å². The van der Waals surface area contributed by atoms with E-state index in [2.05, 4.69) is 22.4 Å². The average Bonchev–Trinajstić information content (AvgIpc) is 3.56. The lowest BCUT2D eigenvalue weighted by molar-refractivity contribution is -0.192. The topological polar surface area (TPSA) is 93.6 Å². The molecular formula is C21H20F3N3O4. The molecule has 31 heavy (non-hydrogen) atoms. The molecule has 1 heterocycles. The van der Waals surface area contributed by atoms with E-state index in [0.29, 0.717) is 23.5 Å². The number of anilines is 1. The van der Waals surface area contributed by atoms with Crippen LogP contribution in [0.3, 0.4) is 0 Å². The Morgan fingerprint density at radius 1 is 1.06 bits per heavy atom. The van der Waals surface area contributed by atoms with Crippen LogP contribution >= 0.6 is 0 Å². The highest BCUT2D eigenvalue weighted by molar-refractivity contribution is 5.95. The van der Waals surface area contributed by atoms with Gasteiger partial charge in [0.05, 0.1) is 25.4 Å². The van der Waals surface area contributed by atoms with Crippen LogP contribution in [-0.2, 0) is 4.79 Å². The van der Waals surface area contributed by atoms with E-state index < -0.39 is 12.1 Å². The second-order valence-corrected chi connectivity index (χ2v) is 6.71. The van der Waals surface area contributed by atoms with Gasteiger partial charge in [0.2, 0.25) is 5.95 Å². The SMILES string of the molecule is COc1cc2nc(NC3CC3)nc(-c3ccccc3)c2cc1OC.O=C(O)C(F)(F)F. The fraction of sp³-hybridized carbons (Fsp3) is 0.286. The Morgan fingerprint density at radius 3 is 2.16 bits per heavy atom. The van der Waals surface area contributed by atoms with Gasteiger partial charge in [-0.15, -0.1) is 0 Å². The van der Waals surface area contributed by atoms with E-state index in [9.17, 15) is 13.2 Å². The quantitative estimate of drug-likeness (QED) is 0.609. The molecule has 0 saturated heterocycles. The summed E-state index contributed by atoms with van der Waals surface area (Å²) in [6.45, 7) is 0. The standard InChI is InChI=1S/C19H19N3O2.C2HF3O2/c1-23-16-10-14-15(11-17(16)24-2)21-19(20-13-8-9-13)22-18(14)12-6-4-3-5-7-12;3-2(4,5)1(6)7/h3-7,10-11,13H,8-9H2,1-2H3,(H,20,21,22);(H,6,7). The van der Waals surface area contributed by atoms with Crippen LogP contribution in [0.25, 0.3) is 22.2 Å². The summed E-state index contributed by atoms with van der Waals surface area (Å²) in [6, 6.07) is 14.5. The average molecular weight is 435 g/mol. The van der Waals surface area contributed by atoms with Crippen molar-refractivity contribution >= 4 is 22.8 Å². The second kappa shape index (κ2) is 9.07. The van der Waals surface area contributed by atoms with Gasteiger partial charge in [-0.3, -0.25) is 0 Å². The predicted octanol–water partition coefficient (Wildman–Crippen LogP) is 4.52. The van der Waals surface area contributed by atoms with Crippen molar-refractivity contribution in [3.05, 3.63) is 42.5 Å². The molecule has 1 saturated carbocycles. The number of hydrogen-bond donors (Lipinski definition) is 2. The molecule has 0 amide bonds. The normalized spacial score (nSPS) is 13.2. The number of rotatable bonds is 5. The number of hydrogen-bond acceptors (Lipinski definition) is 6. The third-order valence-corrected chi connectivity index (χ3v) is 4.40. The molecule has 0 radical (unpaired) electrons. The van der Waals surface area contributed by atoms with Crippen LogP contribution in [0.5, 0.6) is 11.5 Å². The summed E-state index contributed by atoms with van der Waals surface area (Å²) >= 11 is 0. The van der Waals surface area contributed by atoms with E-state index in [1.54, 1.807) is 14.2 Å². The predicted molar refractivity (Wildman–Crippen MR) is 108 cm³/mol. The van der Waals surface area contributed by atoms with Crippen LogP contribution in [0.1, 0.15) is 12.8 Å². The van der Waals surface area contributed by atoms with Gasteiger partial charge >= 0.3 is 12.1 Å². The van der Waals surface area contributed by atoms with Gasteiger partial charge in [-0.1, -0.05) is 30.3 Å². The number of ether oxygens (including phenoxy) is 2. The molecular weight excluding hydrogens is 415 g/mol. The Kier molecular flexibility index (Phi) is 6.47. The number of nitrogens with zero attached hydrogens (tertiary/aromatic N) is 2. The van der Waals surface area contributed by atoms with Crippen molar-refractivity contribution in [2.24, 2.45) is 0 Å². The van der Waals surface area contributed by atoms with E-state index in [1.165, 1.54) is 12.8 Å². The molecule has 1 aliphatic rings. The summed E-state index contributed by atoms with van der Waals surface area (Å²) in [4.78, 5) is 18.3. The van der Waals surface area contributed by atoms with Gasteiger partial charge in [0.15, 0.2) is 11.5 Å². The summed E-state index contributed by atoms with van der Waals surface area (Å²) in [5.41, 5.74) is 2.78. The molecule has 3 aromatic rings. The van der Waals surface area contributed by atoms with Crippen molar-refractivity contribution in [1.29, 1.82) is 0 Å². The molecule has 0 aliphatic heterocycles. The highest BCUT2D eigenvalue weighted by Gasteiger charge is 2.38. The molecule has 1 aliphatic carbocycles. The Hall–Kier alpha value is -3.56. The lowest BCUT2D eigenvalue weighted by atomic mass is 10.1. The lowest BCUT2D eigenvalue weighted by Gasteiger charge is -2.13. The zero-order valence-corrected chi connectivity index (χ0v) is 16.7. The van der Waals surface area contributed by atoms with Gasteiger partial charge in [-0.25, -0.2) is 14.8 Å². The first-order valence-electron chi connectivity index (χ1n) is 9.28. The largest absolute Gasteiger partial charge is 0.493 e. The highest BCUT2D eigenvalue weighted by atomic mass is 19.4. The van der Waals surface area contributed by atoms with Gasteiger partial charge in [0.1, 0.15) is 0 Å². The molecule has 4 rings (SSSR count). The minimum atomic E-state index is -5.08. The van der Waals surface area contributed by atoms with Crippen LogP contribution in [0.4, 0.5) is 19.1 Å². The summed E-state index contributed by atoms with van der Waals surface area (Å²) in [5.74, 6) is -0.752. The van der Waals surface area contributed by atoms with Gasteiger partial charge in [-0.05, 0) is 18.9 Å². The maximum atomic E-state index is 10.6. The van der Waals surface area contributed by atoms with Crippen molar-refractivity contribution in [1.82, 2.24) is 9.97 Å². The van der Waals surface area contributed by atoms with E-state index in [-0.39, 0.29) is 0 Å². The third-order valence-electron chi connectivity index (χ3n) is 4.40. The van der Waals surface area contributed by atoms with Crippen molar-refractivity contribution in [2.75, 3.05) is 19.5 Å². The Morgan fingerprint density at radius 2 is 1.65 bits per heavy atom. The number of fused-ring (bicyclic) bond motifs is 1. The Labute approximate surface area is 175 Å². The molecule has 2 aromatic carbocycles. The molecule has 0 spiro atoms. The Bertz CT molecular complexity index is 1070. The maximum Gasteiger partial charge on any atom is 0.490 e. The Balaban J connectivity index is 0.000000339. The van der Waals surface area contributed by atoms with Crippen LogP contribution in [0, 0.1) is 0 Å². The van der Waals surface area contributed by atoms with Gasteiger partial charge in [-0.2, -0.15) is 13.2 Å². The number of alkyl halides is 3. The van der Waals surface area contributed by atoms with Gasteiger partial charge in [0, 0.05) is 23.1 Å². The van der Waals surface area contributed by atoms with E-state index in [4.69, 9.17) is 24.4 Å². The monoisotopic (exact) mass is 435 g/mol. The number of aliphatic carboxylic acids is 1. The van der Waals surface area contributed by atoms with Gasteiger partial charge < -0.3 is 19.9 Å². The summed E-state index contributed by atoms with van der Waals surface area (Å²) in [6.07, 6.45) is -2.73. The molecule has 2 N–H and O–H groups in total. The van der Waals surface area contributed by atoms with Crippen LogP contribution < -0.4 is 14.8 Å². The molecule has 164 valence electrons. The number of benzene rings is 2. The van der Waals surface area contributed by atoms with E-state index in [0.717, 1.165) is 22.2 Å². The zero-order valence-electron chi connectivity index (χ0n) is 16.7. The first-order chi connectivity index (χ1) is 14.7. The van der Waals surface area contributed by atoms with Crippen molar-refractivity contribution in [3.63, 3.8) is 0 Å². The van der Waals surface area contributed by atoms with Crippen molar-refractivity contribution in [2.45, 2.75) is 25.1 Å². The summed E-state index contributed by atoms with van der Waals surface area (Å²) in [5, 5.41) is 11.5. The minimum absolute atomic E-state index is 0.492. The number of methoxy groups -OCH3 is 2. The highest BCUT2D eigenvalue weighted by Crippen LogP contribution is 2.36. The number of nitrogens with one attached hydrogen (secondary N) is 1. The number of carboxylic acid groups (broad SMARTS) is 1. The molecule has 0 bridgehead atoms. The van der Waals surface area contributed by atoms with Gasteiger partial charge in [0.25, 0.3) is 0 Å². The number of carbonyl (C=O) groups is 1. The number of carboxylic acids is 1. The molecule has 1 aromatic heterocycles. The van der Waals surface area contributed by atoms with Crippen LogP contribution in [-0.4, -0.2) is 47.5 Å². The number of aromatic nitrogens is 2. The molecule has 7 nitrogen and oxygen atoms in total. The molecule has 1 fully saturated rings. The van der Waals surface area contributed by atoms with Crippen LogP contribution in [0.15, 0.2) is 42.5 Å². The molecule has 10 heteroatoms. The first kappa shape index (κ1) is 22.1.